The van der Waals surface area contributed by atoms with Crippen molar-refractivity contribution in [1.82, 2.24) is 25.1 Å². The second-order valence-electron chi connectivity index (χ2n) is 5.51. The number of aromatic amines is 1. The van der Waals surface area contributed by atoms with Crippen molar-refractivity contribution in [3.05, 3.63) is 53.6 Å². The van der Waals surface area contributed by atoms with Gasteiger partial charge in [0, 0.05) is 18.3 Å². The fourth-order valence-corrected chi connectivity index (χ4v) is 3.89. The van der Waals surface area contributed by atoms with Gasteiger partial charge in [0.1, 0.15) is 6.33 Å². The second-order valence-corrected chi connectivity index (χ2v) is 6.46. The van der Waals surface area contributed by atoms with Crippen LogP contribution in [0.1, 0.15) is 30.1 Å². The molecule has 0 bridgehead atoms. The number of likely N-dealkylation sites (tertiary alicyclic amines) is 1. The van der Waals surface area contributed by atoms with E-state index in [1.165, 1.54) is 16.9 Å². The summed E-state index contributed by atoms with van der Waals surface area (Å²) in [4.78, 5) is 12.2. The lowest BCUT2D eigenvalue weighted by Gasteiger charge is -2.23. The molecule has 112 valence electrons. The number of nitrogens with one attached hydrogen (secondary N) is 1. The zero-order valence-corrected chi connectivity index (χ0v) is 13.0. The first-order valence-electron chi connectivity index (χ1n) is 7.48. The van der Waals surface area contributed by atoms with E-state index in [4.69, 9.17) is 0 Å². The number of hydrogen-bond donors (Lipinski definition) is 1. The summed E-state index contributed by atoms with van der Waals surface area (Å²) in [5.74, 6) is 0. The third-order valence-corrected chi connectivity index (χ3v) is 5.06. The fourth-order valence-electron chi connectivity index (χ4n) is 3.13. The monoisotopic (exact) mass is 311 g/mol. The average Bonchev–Trinajstić information content (AvgIpc) is 3.30. The van der Waals surface area contributed by atoms with Crippen LogP contribution in [-0.4, -0.2) is 31.6 Å². The zero-order valence-electron chi connectivity index (χ0n) is 12.1. The highest BCUT2D eigenvalue weighted by Gasteiger charge is 2.28. The summed E-state index contributed by atoms with van der Waals surface area (Å²) in [7, 11) is 0. The van der Waals surface area contributed by atoms with Crippen molar-refractivity contribution >= 4 is 11.3 Å². The van der Waals surface area contributed by atoms with Crippen LogP contribution in [0.15, 0.2) is 42.3 Å². The number of rotatable bonds is 4. The molecule has 1 N–H and O–H groups in total. The van der Waals surface area contributed by atoms with Crippen molar-refractivity contribution in [3.8, 4) is 10.6 Å². The van der Waals surface area contributed by atoms with E-state index in [-0.39, 0.29) is 0 Å². The average molecular weight is 311 g/mol. The van der Waals surface area contributed by atoms with Gasteiger partial charge in [-0.15, -0.1) is 11.3 Å². The highest BCUT2D eigenvalue weighted by Crippen LogP contribution is 2.34. The molecule has 0 radical (unpaired) electrons. The van der Waals surface area contributed by atoms with Crippen LogP contribution in [0.25, 0.3) is 10.6 Å². The molecule has 0 amide bonds. The van der Waals surface area contributed by atoms with Crippen molar-refractivity contribution in [2.75, 3.05) is 6.54 Å². The first-order valence-corrected chi connectivity index (χ1v) is 8.36. The Hall–Kier alpha value is -2.05. The zero-order chi connectivity index (χ0) is 14.8. The van der Waals surface area contributed by atoms with E-state index in [1.54, 1.807) is 17.7 Å². The summed E-state index contributed by atoms with van der Waals surface area (Å²) < 4.78 is 0. The van der Waals surface area contributed by atoms with Crippen molar-refractivity contribution in [2.45, 2.75) is 25.4 Å². The lowest BCUT2D eigenvalue weighted by atomic mass is 10.1. The molecular formula is C16H17N5S. The van der Waals surface area contributed by atoms with E-state index in [1.807, 2.05) is 18.5 Å². The van der Waals surface area contributed by atoms with E-state index in [0.717, 1.165) is 30.9 Å². The normalized spacial score (nSPS) is 18.8. The van der Waals surface area contributed by atoms with Gasteiger partial charge in [-0.25, -0.2) is 9.97 Å². The summed E-state index contributed by atoms with van der Waals surface area (Å²) in [6.45, 7) is 2.00. The van der Waals surface area contributed by atoms with Gasteiger partial charge in [-0.2, -0.15) is 5.10 Å². The molecule has 1 fully saturated rings. The number of H-pyrrole nitrogens is 1. The van der Waals surface area contributed by atoms with Crippen molar-refractivity contribution in [2.24, 2.45) is 0 Å². The maximum Gasteiger partial charge on any atom is 0.115 e. The molecule has 1 aliphatic heterocycles. The van der Waals surface area contributed by atoms with Crippen LogP contribution in [0.4, 0.5) is 0 Å². The molecule has 0 saturated carbocycles. The highest BCUT2D eigenvalue weighted by atomic mass is 32.1. The van der Waals surface area contributed by atoms with Crippen LogP contribution in [0.2, 0.25) is 0 Å². The highest BCUT2D eigenvalue weighted by molar-refractivity contribution is 7.13. The number of hydrogen-bond acceptors (Lipinski definition) is 5. The van der Waals surface area contributed by atoms with Crippen LogP contribution < -0.4 is 0 Å². The second kappa shape index (κ2) is 5.98. The molecule has 1 unspecified atom stereocenters. The topological polar surface area (TPSA) is 57.7 Å². The molecule has 1 atom stereocenters. The Morgan fingerprint density at radius 1 is 1.36 bits per heavy atom. The van der Waals surface area contributed by atoms with E-state index in [2.05, 4.69) is 42.6 Å². The Kier molecular flexibility index (Phi) is 3.70. The first-order chi connectivity index (χ1) is 10.9. The largest absolute Gasteiger partial charge is 0.290 e. The van der Waals surface area contributed by atoms with Gasteiger partial charge in [0.25, 0.3) is 0 Å². The maximum atomic E-state index is 4.44. The van der Waals surface area contributed by atoms with Gasteiger partial charge in [0.15, 0.2) is 0 Å². The molecule has 3 aromatic heterocycles. The molecule has 0 aliphatic carbocycles. The molecule has 3 aromatic rings. The molecule has 4 heterocycles. The third kappa shape index (κ3) is 2.55. The predicted octanol–water partition coefficient (Wildman–Crippen LogP) is 3.27. The van der Waals surface area contributed by atoms with Crippen molar-refractivity contribution < 1.29 is 0 Å². The molecule has 1 aliphatic rings. The minimum Gasteiger partial charge on any atom is -0.290 e. The summed E-state index contributed by atoms with van der Waals surface area (Å²) in [5, 5.41) is 9.49. The van der Waals surface area contributed by atoms with Gasteiger partial charge in [-0.3, -0.25) is 10.00 Å². The van der Waals surface area contributed by atoms with Gasteiger partial charge in [-0.05, 0) is 36.9 Å². The van der Waals surface area contributed by atoms with Gasteiger partial charge >= 0.3 is 0 Å². The van der Waals surface area contributed by atoms with E-state index in [0.29, 0.717) is 6.04 Å². The summed E-state index contributed by atoms with van der Waals surface area (Å²) in [5.41, 5.74) is 3.51. The lowest BCUT2D eigenvalue weighted by Crippen LogP contribution is -2.23. The van der Waals surface area contributed by atoms with Crippen LogP contribution >= 0.6 is 11.3 Å². The Bertz CT molecular complexity index is 722. The van der Waals surface area contributed by atoms with Crippen LogP contribution in [0, 0.1) is 0 Å². The molecule has 6 heteroatoms. The number of nitrogens with zero attached hydrogens (tertiary/aromatic N) is 4. The van der Waals surface area contributed by atoms with E-state index < -0.39 is 0 Å². The van der Waals surface area contributed by atoms with Crippen molar-refractivity contribution in [3.63, 3.8) is 0 Å². The molecule has 22 heavy (non-hydrogen) atoms. The van der Waals surface area contributed by atoms with Crippen molar-refractivity contribution in [1.29, 1.82) is 0 Å². The SMILES string of the molecule is c1csc(-c2[nH]ncc2CN2CCCC2c2ccncn2)c1. The smallest absolute Gasteiger partial charge is 0.115 e. The van der Waals surface area contributed by atoms with Crippen LogP contribution in [0.3, 0.4) is 0 Å². The van der Waals surface area contributed by atoms with Gasteiger partial charge in [0.2, 0.25) is 0 Å². The van der Waals surface area contributed by atoms with Crippen LogP contribution in [0.5, 0.6) is 0 Å². The molecule has 0 spiro atoms. The summed E-state index contributed by atoms with van der Waals surface area (Å²) >= 11 is 1.74. The summed E-state index contributed by atoms with van der Waals surface area (Å²) in [6.07, 6.45) is 7.78. The maximum absolute atomic E-state index is 4.44. The Labute approximate surface area is 133 Å². The number of thiophene rings is 1. The predicted molar refractivity (Wildman–Crippen MR) is 86.3 cm³/mol. The first kappa shape index (κ1) is 13.6. The third-order valence-electron chi connectivity index (χ3n) is 4.17. The molecule has 1 saturated heterocycles. The summed E-state index contributed by atoms with van der Waals surface area (Å²) in [6, 6.07) is 6.62. The Morgan fingerprint density at radius 2 is 2.36 bits per heavy atom. The lowest BCUT2D eigenvalue weighted by molar-refractivity contribution is 0.244. The van der Waals surface area contributed by atoms with Gasteiger partial charge in [-0.1, -0.05) is 6.07 Å². The standard InChI is InChI=1S/C16H17N5S/c1-3-14(13-5-6-17-11-18-13)21(7-1)10-12-9-19-20-16(12)15-4-2-8-22-15/h2,4-6,8-9,11,14H,1,3,7,10H2,(H,19,20). The van der Waals surface area contributed by atoms with E-state index >= 15 is 0 Å². The van der Waals surface area contributed by atoms with E-state index in [9.17, 15) is 0 Å². The van der Waals surface area contributed by atoms with Gasteiger partial charge < -0.3 is 0 Å². The number of aromatic nitrogens is 4. The fraction of sp³-hybridized carbons (Fsp3) is 0.312. The van der Waals surface area contributed by atoms with Crippen LogP contribution in [-0.2, 0) is 6.54 Å². The molecule has 4 rings (SSSR count). The molecular weight excluding hydrogens is 294 g/mol. The van der Waals surface area contributed by atoms with Gasteiger partial charge in [0.05, 0.1) is 28.5 Å². The Morgan fingerprint density at radius 3 is 3.18 bits per heavy atom. The minimum absolute atomic E-state index is 0.383. The quantitative estimate of drug-likeness (QED) is 0.803. The molecule has 0 aromatic carbocycles. The Balaban J connectivity index is 1.58. The molecule has 5 nitrogen and oxygen atoms in total. The minimum atomic E-state index is 0.383.